The Kier molecular flexibility index (Phi) is 2.87. The van der Waals surface area contributed by atoms with Crippen molar-refractivity contribution in [3.8, 4) is 5.75 Å². The van der Waals surface area contributed by atoms with Crippen molar-refractivity contribution in [3.63, 3.8) is 0 Å². The van der Waals surface area contributed by atoms with Crippen LogP contribution in [-0.2, 0) is 0 Å². The van der Waals surface area contributed by atoms with E-state index in [2.05, 4.69) is 14.9 Å². The second-order valence-electron chi connectivity index (χ2n) is 3.71. The normalized spacial score (nSPS) is 11.1. The van der Waals surface area contributed by atoms with Crippen molar-refractivity contribution < 1.29 is 4.74 Å². The van der Waals surface area contributed by atoms with Crippen molar-refractivity contribution >= 4 is 11.0 Å². The van der Waals surface area contributed by atoms with Gasteiger partial charge in [-0.2, -0.15) is 0 Å². The molecule has 0 aliphatic carbocycles. The van der Waals surface area contributed by atoms with E-state index in [9.17, 15) is 0 Å². The smallest absolute Gasteiger partial charge is 0.147 e. The number of nitrogens with one attached hydrogen (secondary N) is 1. The molecule has 4 nitrogen and oxygen atoms in total. The molecule has 4 heteroatoms. The summed E-state index contributed by atoms with van der Waals surface area (Å²) in [4.78, 5) is 9.37. The summed E-state index contributed by atoms with van der Waals surface area (Å²) in [6.07, 6.45) is 1.68. The number of ether oxygens (including phenoxy) is 1. The Balaban J connectivity index is 2.10. The summed E-state index contributed by atoms with van der Waals surface area (Å²) in [6.45, 7) is 1.58. The average molecular weight is 205 g/mol. The molecule has 1 aromatic heterocycles. The first kappa shape index (κ1) is 9.98. The van der Waals surface area contributed by atoms with Crippen LogP contribution in [0.5, 0.6) is 5.75 Å². The fourth-order valence-corrected chi connectivity index (χ4v) is 1.39. The minimum Gasteiger partial charge on any atom is -0.490 e. The van der Waals surface area contributed by atoms with Gasteiger partial charge in [-0.1, -0.05) is 6.07 Å². The summed E-state index contributed by atoms with van der Waals surface area (Å²) in [5, 5.41) is 0. The number of aromatic amines is 1. The van der Waals surface area contributed by atoms with Crippen LogP contribution in [0.4, 0.5) is 0 Å². The van der Waals surface area contributed by atoms with E-state index in [1.807, 2.05) is 32.3 Å². The third kappa shape index (κ3) is 2.27. The van der Waals surface area contributed by atoms with E-state index in [1.165, 1.54) is 0 Å². The minimum absolute atomic E-state index is 0.680. The number of hydrogen-bond donors (Lipinski definition) is 1. The molecule has 0 atom stereocenters. The Hall–Kier alpha value is -1.55. The van der Waals surface area contributed by atoms with Crippen LogP contribution >= 0.6 is 0 Å². The van der Waals surface area contributed by atoms with Crippen molar-refractivity contribution in [2.24, 2.45) is 0 Å². The maximum absolute atomic E-state index is 5.66. The van der Waals surface area contributed by atoms with Gasteiger partial charge in [-0.25, -0.2) is 4.98 Å². The van der Waals surface area contributed by atoms with Gasteiger partial charge in [0, 0.05) is 6.54 Å². The predicted molar refractivity (Wildman–Crippen MR) is 60.1 cm³/mol. The number of nitrogens with zero attached hydrogens (tertiary/aromatic N) is 2. The van der Waals surface area contributed by atoms with Crippen LogP contribution in [0.25, 0.3) is 11.0 Å². The summed E-state index contributed by atoms with van der Waals surface area (Å²) in [7, 11) is 4.05. The summed E-state index contributed by atoms with van der Waals surface area (Å²) in [6, 6.07) is 5.89. The number of para-hydroxylation sites is 1. The molecule has 0 amide bonds. The second-order valence-corrected chi connectivity index (χ2v) is 3.71. The molecule has 0 radical (unpaired) electrons. The van der Waals surface area contributed by atoms with Gasteiger partial charge < -0.3 is 14.6 Å². The van der Waals surface area contributed by atoms with Crippen LogP contribution in [0.3, 0.4) is 0 Å². The van der Waals surface area contributed by atoms with Crippen molar-refractivity contribution in [2.75, 3.05) is 27.2 Å². The Labute approximate surface area is 88.9 Å². The van der Waals surface area contributed by atoms with Gasteiger partial charge in [0.05, 0.1) is 11.8 Å². The van der Waals surface area contributed by atoms with Crippen LogP contribution in [0.1, 0.15) is 0 Å². The highest BCUT2D eigenvalue weighted by atomic mass is 16.5. The van der Waals surface area contributed by atoms with Crippen LogP contribution in [0.15, 0.2) is 24.5 Å². The molecule has 1 aromatic carbocycles. The molecular formula is C11H15N3O. The summed E-state index contributed by atoms with van der Waals surface area (Å²) < 4.78 is 5.66. The number of likely N-dealkylation sites (N-methyl/N-ethyl adjacent to an activating group) is 1. The van der Waals surface area contributed by atoms with Gasteiger partial charge in [0.25, 0.3) is 0 Å². The first-order valence-electron chi connectivity index (χ1n) is 4.97. The number of H-pyrrole nitrogens is 1. The molecule has 1 N–H and O–H groups in total. The zero-order valence-corrected chi connectivity index (χ0v) is 9.03. The lowest BCUT2D eigenvalue weighted by Gasteiger charge is -2.10. The number of aromatic nitrogens is 2. The highest BCUT2D eigenvalue weighted by Gasteiger charge is 2.03. The maximum atomic E-state index is 5.66. The van der Waals surface area contributed by atoms with Crippen molar-refractivity contribution in [1.29, 1.82) is 0 Å². The number of rotatable bonds is 4. The molecule has 2 aromatic rings. The first-order valence-corrected chi connectivity index (χ1v) is 4.97. The Morgan fingerprint density at radius 3 is 3.07 bits per heavy atom. The molecule has 0 bridgehead atoms. The van der Waals surface area contributed by atoms with Crippen LogP contribution in [-0.4, -0.2) is 42.1 Å². The number of imidazole rings is 1. The van der Waals surface area contributed by atoms with E-state index in [0.29, 0.717) is 6.61 Å². The van der Waals surface area contributed by atoms with Crippen molar-refractivity contribution in [2.45, 2.75) is 0 Å². The fraction of sp³-hybridized carbons (Fsp3) is 0.364. The molecule has 0 saturated heterocycles. The van der Waals surface area contributed by atoms with Gasteiger partial charge in [0.15, 0.2) is 0 Å². The number of fused-ring (bicyclic) bond motifs is 1. The molecule has 0 aliphatic rings. The first-order chi connectivity index (χ1) is 7.27. The molecule has 1 heterocycles. The van der Waals surface area contributed by atoms with Gasteiger partial charge in [-0.05, 0) is 26.2 Å². The van der Waals surface area contributed by atoms with Crippen molar-refractivity contribution in [1.82, 2.24) is 14.9 Å². The van der Waals surface area contributed by atoms with E-state index in [0.717, 1.165) is 23.3 Å². The number of hydrogen-bond acceptors (Lipinski definition) is 3. The largest absolute Gasteiger partial charge is 0.490 e. The summed E-state index contributed by atoms with van der Waals surface area (Å²) >= 11 is 0. The molecule has 15 heavy (non-hydrogen) atoms. The van der Waals surface area contributed by atoms with Crippen LogP contribution < -0.4 is 4.74 Å². The molecule has 0 unspecified atom stereocenters. The topological polar surface area (TPSA) is 41.1 Å². The lowest BCUT2D eigenvalue weighted by molar-refractivity contribution is 0.263. The monoisotopic (exact) mass is 205 g/mol. The Bertz CT molecular complexity index is 436. The zero-order chi connectivity index (χ0) is 10.7. The third-order valence-electron chi connectivity index (χ3n) is 2.21. The highest BCUT2D eigenvalue weighted by Crippen LogP contribution is 2.21. The third-order valence-corrected chi connectivity index (χ3v) is 2.21. The maximum Gasteiger partial charge on any atom is 0.147 e. The van der Waals surface area contributed by atoms with Gasteiger partial charge >= 0.3 is 0 Å². The Morgan fingerprint density at radius 2 is 2.27 bits per heavy atom. The molecule has 80 valence electrons. The van der Waals surface area contributed by atoms with Gasteiger partial charge in [0.1, 0.15) is 17.9 Å². The molecule has 2 rings (SSSR count). The quantitative estimate of drug-likeness (QED) is 0.822. The average Bonchev–Trinajstić information content (AvgIpc) is 2.65. The van der Waals surface area contributed by atoms with Gasteiger partial charge in [-0.15, -0.1) is 0 Å². The highest BCUT2D eigenvalue weighted by molar-refractivity contribution is 5.80. The standard InChI is InChI=1S/C11H15N3O/c1-14(2)6-7-15-10-5-3-4-9-11(10)13-8-12-9/h3-5,8H,6-7H2,1-2H3,(H,12,13). The molecular weight excluding hydrogens is 190 g/mol. The van der Waals surface area contributed by atoms with E-state index in [1.54, 1.807) is 6.33 Å². The molecule has 0 fully saturated rings. The Morgan fingerprint density at radius 1 is 1.40 bits per heavy atom. The zero-order valence-electron chi connectivity index (χ0n) is 9.03. The van der Waals surface area contributed by atoms with E-state index < -0.39 is 0 Å². The predicted octanol–water partition coefficient (Wildman–Crippen LogP) is 1.50. The van der Waals surface area contributed by atoms with E-state index in [-0.39, 0.29) is 0 Å². The second kappa shape index (κ2) is 4.31. The summed E-state index contributed by atoms with van der Waals surface area (Å²) in [5.74, 6) is 0.843. The van der Waals surface area contributed by atoms with E-state index >= 15 is 0 Å². The lowest BCUT2D eigenvalue weighted by Crippen LogP contribution is -2.19. The minimum atomic E-state index is 0.680. The molecule has 0 aliphatic heterocycles. The lowest BCUT2D eigenvalue weighted by atomic mass is 10.3. The van der Waals surface area contributed by atoms with Gasteiger partial charge in [-0.3, -0.25) is 0 Å². The summed E-state index contributed by atoms with van der Waals surface area (Å²) in [5.41, 5.74) is 1.91. The van der Waals surface area contributed by atoms with E-state index in [4.69, 9.17) is 4.74 Å². The molecule has 0 spiro atoms. The fourth-order valence-electron chi connectivity index (χ4n) is 1.39. The van der Waals surface area contributed by atoms with Crippen molar-refractivity contribution in [3.05, 3.63) is 24.5 Å². The SMILES string of the molecule is CN(C)CCOc1cccc2[nH]cnc12. The molecule has 0 saturated carbocycles. The van der Waals surface area contributed by atoms with Gasteiger partial charge in [0.2, 0.25) is 0 Å². The number of benzene rings is 1. The van der Waals surface area contributed by atoms with Crippen LogP contribution in [0, 0.1) is 0 Å². The van der Waals surface area contributed by atoms with Crippen LogP contribution in [0.2, 0.25) is 0 Å².